The van der Waals surface area contributed by atoms with Crippen LogP contribution in [0, 0.1) is 16.7 Å². The van der Waals surface area contributed by atoms with Crippen LogP contribution in [0.4, 0.5) is 0 Å². The molecule has 1 aromatic rings. The van der Waals surface area contributed by atoms with Gasteiger partial charge >= 0.3 is 10.1 Å². The first-order chi connectivity index (χ1) is 8.42. The van der Waals surface area contributed by atoms with E-state index in [1.165, 1.54) is 0 Å². The monoisotopic (exact) mass is 265 g/mol. The Morgan fingerprint density at radius 3 is 2.56 bits per heavy atom. The van der Waals surface area contributed by atoms with E-state index in [2.05, 4.69) is 9.44 Å². The van der Waals surface area contributed by atoms with Crippen LogP contribution in [0.1, 0.15) is 5.56 Å². The number of nitriles is 1. The van der Waals surface area contributed by atoms with Crippen molar-refractivity contribution in [2.45, 2.75) is 6.42 Å². The normalized spacial score (nSPS) is 11.7. The third-order valence-corrected chi connectivity index (χ3v) is 2.22. The Hall–Kier alpha value is -2.20. The molecule has 0 radical (unpaired) electrons. The van der Waals surface area contributed by atoms with Crippen molar-refractivity contribution in [2.24, 2.45) is 5.16 Å². The summed E-state index contributed by atoms with van der Waals surface area (Å²) >= 11 is 0. The highest BCUT2D eigenvalue weighted by atomic mass is 32.2. The molecule has 0 amide bonds. The Morgan fingerprint density at radius 2 is 2.06 bits per heavy atom. The van der Waals surface area contributed by atoms with Gasteiger partial charge in [-0.25, -0.2) is 0 Å². The van der Waals surface area contributed by atoms with Gasteiger partial charge in [0.05, 0.1) is 12.0 Å². The van der Waals surface area contributed by atoms with E-state index in [-0.39, 0.29) is 17.8 Å². The van der Waals surface area contributed by atoms with E-state index in [0.717, 1.165) is 11.8 Å². The first-order valence-electron chi connectivity index (χ1n) is 4.91. The van der Waals surface area contributed by atoms with Gasteiger partial charge in [-0.2, -0.15) is 13.7 Å². The van der Waals surface area contributed by atoms with E-state index in [1.54, 1.807) is 30.3 Å². The second-order valence-electron chi connectivity index (χ2n) is 3.47. The zero-order valence-electron chi connectivity index (χ0n) is 9.62. The maximum Gasteiger partial charge on any atom is 0.325 e. The fraction of sp³-hybridized carbons (Fsp3) is 0.182. The fourth-order valence-corrected chi connectivity index (χ4v) is 1.34. The summed E-state index contributed by atoms with van der Waals surface area (Å²) in [6.45, 7) is 0. The molecule has 0 unspecified atom stereocenters. The van der Waals surface area contributed by atoms with Crippen molar-refractivity contribution in [3.8, 4) is 6.07 Å². The summed E-state index contributed by atoms with van der Waals surface area (Å²) in [6.07, 6.45) is 0.993. The lowest BCUT2D eigenvalue weighted by Crippen LogP contribution is -2.15. The molecule has 0 atom stereocenters. The van der Waals surface area contributed by atoms with Crippen molar-refractivity contribution in [2.75, 3.05) is 6.26 Å². The van der Waals surface area contributed by atoms with Gasteiger partial charge in [0.25, 0.3) is 0 Å². The van der Waals surface area contributed by atoms with Crippen molar-refractivity contribution >= 4 is 21.5 Å². The van der Waals surface area contributed by atoms with E-state index >= 15 is 0 Å². The fourth-order valence-electron chi connectivity index (χ4n) is 1.13. The van der Waals surface area contributed by atoms with Gasteiger partial charge in [0, 0.05) is 6.42 Å². The van der Waals surface area contributed by atoms with E-state index in [9.17, 15) is 8.42 Å². The topological polar surface area (TPSA) is 103 Å². The van der Waals surface area contributed by atoms with Gasteiger partial charge in [0.1, 0.15) is 6.07 Å². The predicted octanol–water partition coefficient (Wildman–Crippen LogP) is 1.10. The lowest BCUT2D eigenvalue weighted by Gasteiger charge is -2.01. The summed E-state index contributed by atoms with van der Waals surface area (Å²) in [5.74, 6) is 0. The third kappa shape index (κ3) is 4.76. The van der Waals surface area contributed by atoms with Crippen LogP contribution in [0.15, 0.2) is 35.5 Å². The molecule has 6 nitrogen and oxygen atoms in total. The zero-order chi connectivity index (χ0) is 13.6. The number of rotatable bonds is 5. The summed E-state index contributed by atoms with van der Waals surface area (Å²) in [5.41, 5.74) is 0.362. The molecule has 0 aromatic heterocycles. The smallest absolute Gasteiger partial charge is 0.302 e. The number of benzene rings is 1. The van der Waals surface area contributed by atoms with Crippen molar-refractivity contribution in [3.63, 3.8) is 0 Å². The van der Waals surface area contributed by atoms with E-state index in [1.807, 2.05) is 6.07 Å². The van der Waals surface area contributed by atoms with E-state index in [4.69, 9.17) is 10.7 Å². The number of nitrogens with one attached hydrogen (secondary N) is 1. The highest BCUT2D eigenvalue weighted by Crippen LogP contribution is 2.02. The van der Waals surface area contributed by atoms with Crippen molar-refractivity contribution in [1.82, 2.24) is 0 Å². The molecule has 0 bridgehead atoms. The van der Waals surface area contributed by atoms with Crippen LogP contribution in [0.3, 0.4) is 0 Å². The van der Waals surface area contributed by atoms with Crippen molar-refractivity contribution in [3.05, 3.63) is 35.9 Å². The number of hydrogen-bond acceptors (Lipinski definition) is 6. The largest absolute Gasteiger partial charge is 0.325 e. The average molecular weight is 265 g/mol. The number of hydrogen-bond donors (Lipinski definition) is 1. The molecule has 1 aromatic carbocycles. The first kappa shape index (κ1) is 13.9. The molecule has 0 saturated heterocycles. The van der Waals surface area contributed by atoms with Gasteiger partial charge in [0.15, 0.2) is 0 Å². The Labute approximate surface area is 105 Å². The minimum atomic E-state index is -3.77. The lowest BCUT2D eigenvalue weighted by molar-refractivity contribution is 0.344. The molecule has 0 aliphatic carbocycles. The van der Waals surface area contributed by atoms with Gasteiger partial charge in [-0.15, -0.1) is 0 Å². The van der Waals surface area contributed by atoms with Gasteiger partial charge in [-0.1, -0.05) is 35.5 Å². The van der Waals surface area contributed by atoms with Crippen LogP contribution in [0.5, 0.6) is 0 Å². The SMILES string of the molecule is CS(=O)(=O)ON=C(C#N)C(=N)Cc1ccccc1. The highest BCUT2D eigenvalue weighted by molar-refractivity contribution is 7.85. The molecule has 7 heteroatoms. The molecule has 1 rings (SSSR count). The predicted molar refractivity (Wildman–Crippen MR) is 66.8 cm³/mol. The maximum absolute atomic E-state index is 10.7. The molecular formula is C11H11N3O3S. The minimum Gasteiger partial charge on any atom is -0.302 e. The van der Waals surface area contributed by atoms with Gasteiger partial charge in [-0.3, -0.25) is 4.28 Å². The summed E-state index contributed by atoms with van der Waals surface area (Å²) in [6, 6.07) is 10.7. The van der Waals surface area contributed by atoms with Crippen LogP contribution in [-0.2, 0) is 20.8 Å². The van der Waals surface area contributed by atoms with Gasteiger partial charge in [0.2, 0.25) is 5.71 Å². The molecule has 0 aliphatic rings. The maximum atomic E-state index is 10.7. The number of oxime groups is 1. The Kier molecular flexibility index (Phi) is 4.57. The van der Waals surface area contributed by atoms with Crippen LogP contribution in [-0.4, -0.2) is 26.1 Å². The summed E-state index contributed by atoms with van der Waals surface area (Å²) in [5, 5.41) is 19.6. The Morgan fingerprint density at radius 1 is 1.44 bits per heavy atom. The second kappa shape index (κ2) is 5.93. The Bertz CT molecular complexity index is 600. The summed E-state index contributed by atoms with van der Waals surface area (Å²) < 4.78 is 25.6. The quantitative estimate of drug-likeness (QED) is 0.636. The van der Waals surface area contributed by atoms with Crippen LogP contribution in [0.2, 0.25) is 0 Å². The van der Waals surface area contributed by atoms with Crippen molar-refractivity contribution in [1.29, 1.82) is 10.7 Å². The van der Waals surface area contributed by atoms with Crippen LogP contribution >= 0.6 is 0 Å². The average Bonchev–Trinajstić information content (AvgIpc) is 2.29. The molecule has 0 aliphatic heterocycles. The van der Waals surface area contributed by atoms with Crippen LogP contribution < -0.4 is 0 Å². The van der Waals surface area contributed by atoms with Gasteiger partial charge in [-0.05, 0) is 5.56 Å². The molecule has 0 heterocycles. The zero-order valence-corrected chi connectivity index (χ0v) is 10.4. The summed E-state index contributed by atoms with van der Waals surface area (Å²) in [7, 11) is -3.77. The van der Waals surface area contributed by atoms with E-state index < -0.39 is 10.1 Å². The molecule has 1 N–H and O–H groups in total. The second-order valence-corrected chi connectivity index (χ2v) is 5.03. The number of nitrogens with zero attached hydrogens (tertiary/aromatic N) is 2. The van der Waals surface area contributed by atoms with Crippen molar-refractivity contribution < 1.29 is 12.7 Å². The molecule has 0 spiro atoms. The Balaban J connectivity index is 2.79. The highest BCUT2D eigenvalue weighted by Gasteiger charge is 2.10. The molecule has 0 saturated carbocycles. The minimum absolute atomic E-state index is 0.104. The van der Waals surface area contributed by atoms with Crippen LogP contribution in [0.25, 0.3) is 0 Å². The molecule has 94 valence electrons. The lowest BCUT2D eigenvalue weighted by atomic mass is 10.1. The molecule has 18 heavy (non-hydrogen) atoms. The standard InChI is InChI=1S/C11H11N3O3S/c1-18(15,16)17-14-11(8-12)10(13)7-9-5-3-2-4-6-9/h2-6,13H,7H2,1H3. The third-order valence-electron chi connectivity index (χ3n) is 1.88. The first-order valence-corrected chi connectivity index (χ1v) is 6.72. The summed E-state index contributed by atoms with van der Waals surface area (Å²) in [4.78, 5) is 0. The molecule has 0 fully saturated rings. The van der Waals surface area contributed by atoms with Gasteiger partial charge < -0.3 is 5.41 Å². The van der Waals surface area contributed by atoms with E-state index in [0.29, 0.717) is 0 Å². The molecular weight excluding hydrogens is 254 g/mol.